The molecule has 1 aliphatic heterocycles. The van der Waals surface area contributed by atoms with Gasteiger partial charge in [0.1, 0.15) is 5.56 Å². The average Bonchev–Trinajstić information content (AvgIpc) is 3.30. The van der Waals surface area contributed by atoms with Gasteiger partial charge < -0.3 is 4.90 Å². The largest absolute Gasteiger partial charge is 0.433 e. The lowest BCUT2D eigenvalue weighted by Gasteiger charge is -2.30. The van der Waals surface area contributed by atoms with E-state index in [1.807, 2.05) is 0 Å². The van der Waals surface area contributed by atoms with Crippen LogP contribution in [0.5, 0.6) is 0 Å². The summed E-state index contributed by atoms with van der Waals surface area (Å²) in [5.41, 5.74) is -0.709. The number of rotatable bonds is 2. The van der Waals surface area contributed by atoms with Crippen molar-refractivity contribution in [3.63, 3.8) is 0 Å². The highest BCUT2D eigenvalue weighted by Gasteiger charge is 2.36. The molecule has 0 unspecified atom stereocenters. The van der Waals surface area contributed by atoms with Crippen molar-refractivity contribution in [1.82, 2.24) is 19.5 Å². The minimum absolute atomic E-state index is 0.0585. The smallest absolute Gasteiger partial charge is 0.338 e. The lowest BCUT2D eigenvalue weighted by molar-refractivity contribution is -0.142. The number of fused-ring (bicyclic) bond motifs is 1. The lowest BCUT2D eigenvalue weighted by atomic mass is 9.99. The van der Waals surface area contributed by atoms with Gasteiger partial charge in [0.05, 0.1) is 16.8 Å². The van der Waals surface area contributed by atoms with Gasteiger partial charge in [0.25, 0.3) is 5.91 Å². The molecular weight excluding hydrogens is 377 g/mol. The molecule has 27 heavy (non-hydrogen) atoms. The third kappa shape index (κ3) is 3.31. The van der Waals surface area contributed by atoms with E-state index in [2.05, 4.69) is 17.0 Å². The molecule has 9 heteroatoms. The SMILES string of the molecule is CC1CCN(C(=O)c2cnn3c(C(F)(F)F)cc(-c4cccs4)nc23)CC1. The number of hydrogen-bond acceptors (Lipinski definition) is 4. The number of thiophene rings is 1. The number of hydrogen-bond donors (Lipinski definition) is 0. The van der Waals surface area contributed by atoms with Crippen LogP contribution in [0.1, 0.15) is 35.8 Å². The Kier molecular flexibility index (Phi) is 4.41. The second-order valence-corrected chi connectivity index (χ2v) is 7.72. The summed E-state index contributed by atoms with van der Waals surface area (Å²) in [6, 6.07) is 4.42. The Morgan fingerprint density at radius 3 is 2.67 bits per heavy atom. The number of amides is 1. The van der Waals surface area contributed by atoms with Crippen molar-refractivity contribution in [2.24, 2.45) is 5.92 Å². The highest BCUT2D eigenvalue weighted by atomic mass is 32.1. The zero-order valence-electron chi connectivity index (χ0n) is 14.5. The minimum atomic E-state index is -4.61. The van der Waals surface area contributed by atoms with E-state index in [0.717, 1.165) is 23.4 Å². The molecule has 5 nitrogen and oxygen atoms in total. The van der Waals surface area contributed by atoms with Crippen molar-refractivity contribution >= 4 is 22.9 Å². The zero-order chi connectivity index (χ0) is 19.2. The molecule has 0 saturated carbocycles. The Morgan fingerprint density at radius 2 is 2.04 bits per heavy atom. The fourth-order valence-corrected chi connectivity index (χ4v) is 3.93. The van der Waals surface area contributed by atoms with E-state index in [0.29, 0.717) is 23.9 Å². The predicted molar refractivity (Wildman–Crippen MR) is 95.6 cm³/mol. The molecule has 0 atom stereocenters. The Labute approximate surface area is 157 Å². The minimum Gasteiger partial charge on any atom is -0.338 e. The first-order valence-electron chi connectivity index (χ1n) is 8.63. The van der Waals surface area contributed by atoms with Gasteiger partial charge in [0, 0.05) is 13.1 Å². The molecule has 1 amide bonds. The second-order valence-electron chi connectivity index (χ2n) is 6.77. The van der Waals surface area contributed by atoms with Crippen LogP contribution >= 0.6 is 11.3 Å². The van der Waals surface area contributed by atoms with Gasteiger partial charge >= 0.3 is 6.18 Å². The highest BCUT2D eigenvalue weighted by Crippen LogP contribution is 2.34. The van der Waals surface area contributed by atoms with Crippen LogP contribution in [-0.2, 0) is 6.18 Å². The maximum absolute atomic E-state index is 13.6. The number of halogens is 3. The van der Waals surface area contributed by atoms with E-state index in [-0.39, 0.29) is 22.8 Å². The van der Waals surface area contributed by atoms with Gasteiger partial charge in [0.15, 0.2) is 11.3 Å². The first-order valence-corrected chi connectivity index (χ1v) is 9.51. The van der Waals surface area contributed by atoms with Crippen LogP contribution in [0.25, 0.3) is 16.2 Å². The summed E-state index contributed by atoms with van der Waals surface area (Å²) >= 11 is 1.29. The van der Waals surface area contributed by atoms with Crippen LogP contribution in [-0.4, -0.2) is 38.5 Å². The summed E-state index contributed by atoms with van der Waals surface area (Å²) in [6.45, 7) is 3.31. The number of carbonyl (C=O) groups is 1. The molecule has 0 spiro atoms. The second kappa shape index (κ2) is 6.63. The van der Waals surface area contributed by atoms with Gasteiger partial charge in [-0.25, -0.2) is 9.50 Å². The maximum atomic E-state index is 13.6. The third-order valence-electron chi connectivity index (χ3n) is 4.84. The molecule has 1 fully saturated rings. The number of piperidine rings is 1. The molecule has 4 rings (SSSR count). The van der Waals surface area contributed by atoms with Crippen LogP contribution in [0.3, 0.4) is 0 Å². The number of nitrogens with zero attached hydrogens (tertiary/aromatic N) is 4. The van der Waals surface area contributed by atoms with Crippen molar-refractivity contribution in [2.45, 2.75) is 25.9 Å². The third-order valence-corrected chi connectivity index (χ3v) is 5.73. The van der Waals surface area contributed by atoms with Crippen LogP contribution in [0, 0.1) is 5.92 Å². The molecule has 0 radical (unpaired) electrons. The summed E-state index contributed by atoms with van der Waals surface area (Å²) in [5.74, 6) is 0.221. The van der Waals surface area contributed by atoms with Crippen LogP contribution in [0.2, 0.25) is 0 Å². The molecule has 4 heterocycles. The lowest BCUT2D eigenvalue weighted by Crippen LogP contribution is -2.37. The van der Waals surface area contributed by atoms with E-state index < -0.39 is 11.9 Å². The molecule has 0 N–H and O–H groups in total. The molecule has 1 saturated heterocycles. The number of aromatic nitrogens is 3. The van der Waals surface area contributed by atoms with E-state index in [1.165, 1.54) is 17.5 Å². The van der Waals surface area contributed by atoms with Crippen molar-refractivity contribution in [1.29, 1.82) is 0 Å². The fraction of sp³-hybridized carbons (Fsp3) is 0.389. The molecule has 3 aromatic rings. The van der Waals surface area contributed by atoms with Crippen molar-refractivity contribution in [3.05, 3.63) is 41.0 Å². The molecular formula is C18H17F3N4OS. The maximum Gasteiger partial charge on any atom is 0.433 e. The van der Waals surface area contributed by atoms with Crippen molar-refractivity contribution in [3.8, 4) is 10.6 Å². The summed E-state index contributed by atoms with van der Waals surface area (Å²) in [6.07, 6.45) is -1.66. The summed E-state index contributed by atoms with van der Waals surface area (Å²) < 4.78 is 41.4. The topological polar surface area (TPSA) is 50.5 Å². The van der Waals surface area contributed by atoms with E-state index >= 15 is 0 Å². The van der Waals surface area contributed by atoms with E-state index in [4.69, 9.17) is 0 Å². The van der Waals surface area contributed by atoms with Gasteiger partial charge in [-0.1, -0.05) is 13.0 Å². The standard InChI is InChI=1S/C18H17F3N4OS/c1-11-4-6-24(7-5-11)17(26)12-10-22-25-15(18(19,20)21)9-13(23-16(12)25)14-3-2-8-27-14/h2-3,8-11H,4-7H2,1H3. The van der Waals surface area contributed by atoms with Crippen LogP contribution < -0.4 is 0 Å². The van der Waals surface area contributed by atoms with Crippen molar-refractivity contribution in [2.75, 3.05) is 13.1 Å². The van der Waals surface area contributed by atoms with Crippen molar-refractivity contribution < 1.29 is 18.0 Å². The number of likely N-dealkylation sites (tertiary alicyclic amines) is 1. The molecule has 0 bridgehead atoms. The number of carbonyl (C=O) groups excluding carboxylic acids is 1. The molecule has 142 valence electrons. The van der Waals surface area contributed by atoms with Crippen LogP contribution in [0.4, 0.5) is 13.2 Å². The zero-order valence-corrected chi connectivity index (χ0v) is 15.3. The van der Waals surface area contributed by atoms with Gasteiger partial charge in [-0.05, 0) is 36.3 Å². The monoisotopic (exact) mass is 394 g/mol. The molecule has 3 aromatic heterocycles. The Bertz CT molecular complexity index is 973. The van der Waals surface area contributed by atoms with Crippen LogP contribution in [0.15, 0.2) is 29.8 Å². The van der Waals surface area contributed by atoms with Gasteiger partial charge in [-0.3, -0.25) is 4.79 Å². The van der Waals surface area contributed by atoms with E-state index in [1.54, 1.807) is 22.4 Å². The highest BCUT2D eigenvalue weighted by molar-refractivity contribution is 7.13. The Morgan fingerprint density at radius 1 is 1.30 bits per heavy atom. The summed E-state index contributed by atoms with van der Waals surface area (Å²) in [4.78, 5) is 19.5. The predicted octanol–water partition coefficient (Wildman–Crippen LogP) is 4.35. The molecule has 1 aliphatic rings. The number of alkyl halides is 3. The molecule has 0 aliphatic carbocycles. The Balaban J connectivity index is 1.83. The first kappa shape index (κ1) is 18.0. The van der Waals surface area contributed by atoms with Gasteiger partial charge in [-0.2, -0.15) is 18.3 Å². The summed E-state index contributed by atoms with van der Waals surface area (Å²) in [5, 5.41) is 5.60. The quantitative estimate of drug-likeness (QED) is 0.649. The fourth-order valence-electron chi connectivity index (χ4n) is 3.25. The van der Waals surface area contributed by atoms with E-state index in [9.17, 15) is 18.0 Å². The van der Waals surface area contributed by atoms with Gasteiger partial charge in [0.2, 0.25) is 0 Å². The summed E-state index contributed by atoms with van der Waals surface area (Å²) in [7, 11) is 0. The first-order chi connectivity index (χ1) is 12.8. The average molecular weight is 394 g/mol. The normalized spacial score (nSPS) is 16.2. The molecule has 0 aromatic carbocycles. The Hall–Kier alpha value is -2.42. The van der Waals surface area contributed by atoms with Gasteiger partial charge in [-0.15, -0.1) is 11.3 Å².